The van der Waals surface area contributed by atoms with E-state index in [0.717, 1.165) is 0 Å². The van der Waals surface area contributed by atoms with Crippen molar-refractivity contribution in [3.8, 4) is 0 Å². The van der Waals surface area contributed by atoms with Gasteiger partial charge in [-0.3, -0.25) is 0 Å². The highest BCUT2D eigenvalue weighted by molar-refractivity contribution is 5.88. The Morgan fingerprint density at radius 1 is 1.33 bits per heavy atom. The Balaban J connectivity index is 2.78. The molecule has 0 atom stereocenters. The predicted molar refractivity (Wildman–Crippen MR) is 54.6 cm³/mol. The summed E-state index contributed by atoms with van der Waals surface area (Å²) in [5.74, 6) is -6.62. The average molecular weight is 318 g/mol. The van der Waals surface area contributed by atoms with Gasteiger partial charge in [-0.25, -0.2) is 32.3 Å². The van der Waals surface area contributed by atoms with Crippen molar-refractivity contribution in [2.45, 2.75) is 25.4 Å². The van der Waals surface area contributed by atoms with Crippen LogP contribution in [0.5, 0.6) is 0 Å². The molecule has 0 aliphatic carbocycles. The van der Waals surface area contributed by atoms with Crippen LogP contribution in [0.3, 0.4) is 0 Å². The minimum absolute atomic E-state index is 0.527. The van der Waals surface area contributed by atoms with Crippen molar-refractivity contribution in [3.63, 3.8) is 0 Å². The van der Waals surface area contributed by atoms with Gasteiger partial charge in [-0.1, -0.05) is 0 Å². The minimum Gasteiger partial charge on any atom is -0.478 e. The third-order valence-electron chi connectivity index (χ3n) is 2.15. The summed E-state index contributed by atoms with van der Waals surface area (Å²) in [5.41, 5.74) is -1.97. The molecule has 0 saturated heterocycles. The second-order valence-electron chi connectivity index (χ2n) is 3.75. The van der Waals surface area contributed by atoms with Gasteiger partial charge in [0.15, 0.2) is 5.82 Å². The van der Waals surface area contributed by atoms with Crippen LogP contribution >= 0.6 is 0 Å². The predicted octanol–water partition coefficient (Wildman–Crippen LogP) is 2.53. The van der Waals surface area contributed by atoms with Gasteiger partial charge in [0, 0.05) is 6.20 Å². The lowest BCUT2D eigenvalue weighted by molar-refractivity contribution is -0.168. The zero-order chi connectivity index (χ0) is 16.2. The average Bonchev–Trinajstić information content (AvgIpc) is 2.37. The van der Waals surface area contributed by atoms with Crippen LogP contribution in [0.4, 0.5) is 26.3 Å². The van der Waals surface area contributed by atoms with E-state index in [-0.39, 0.29) is 0 Å². The molecule has 1 rings (SSSR count). The van der Waals surface area contributed by atoms with Crippen molar-refractivity contribution in [2.75, 3.05) is 6.61 Å². The van der Waals surface area contributed by atoms with E-state index in [1.807, 2.05) is 0 Å². The van der Waals surface area contributed by atoms with Gasteiger partial charge < -0.3 is 9.84 Å². The lowest BCUT2D eigenvalue weighted by Crippen LogP contribution is -2.32. The van der Waals surface area contributed by atoms with Gasteiger partial charge in [0.25, 0.3) is 6.43 Å². The van der Waals surface area contributed by atoms with Crippen molar-refractivity contribution in [1.29, 1.82) is 0 Å². The quantitative estimate of drug-likeness (QED) is 0.782. The molecule has 11 heteroatoms. The monoisotopic (exact) mass is 318 g/mol. The fraction of sp³-hybridized carbons (Fsp3) is 0.500. The maximum absolute atomic E-state index is 12.6. The molecule has 5 nitrogen and oxygen atoms in total. The van der Waals surface area contributed by atoms with E-state index in [2.05, 4.69) is 14.7 Å². The van der Waals surface area contributed by atoms with Gasteiger partial charge in [0.2, 0.25) is 0 Å². The smallest absolute Gasteiger partial charge is 0.339 e. The van der Waals surface area contributed by atoms with Crippen molar-refractivity contribution >= 4 is 5.97 Å². The molecule has 0 radical (unpaired) electrons. The van der Waals surface area contributed by atoms with Crippen LogP contribution in [0.15, 0.2) is 6.20 Å². The fourth-order valence-electron chi connectivity index (χ4n) is 1.18. The van der Waals surface area contributed by atoms with E-state index in [1.54, 1.807) is 0 Å². The van der Waals surface area contributed by atoms with Crippen molar-refractivity contribution in [1.82, 2.24) is 9.97 Å². The number of carboxylic acid groups (broad SMARTS) is 1. The molecule has 1 aromatic rings. The first kappa shape index (κ1) is 17.1. The molecular formula is C10H8F6N2O3. The van der Waals surface area contributed by atoms with Gasteiger partial charge in [-0.05, 0) is 0 Å². The van der Waals surface area contributed by atoms with Crippen molar-refractivity contribution < 1.29 is 41.0 Å². The fourth-order valence-corrected chi connectivity index (χ4v) is 1.18. The summed E-state index contributed by atoms with van der Waals surface area (Å²) in [6.45, 7) is -2.50. The molecule has 0 spiro atoms. The molecule has 0 fully saturated rings. The molecule has 1 N–H and O–H groups in total. The highest BCUT2D eigenvalue weighted by Crippen LogP contribution is 2.24. The van der Waals surface area contributed by atoms with Crippen LogP contribution in [0.2, 0.25) is 0 Å². The molecule has 21 heavy (non-hydrogen) atoms. The Labute approximate surface area is 113 Å². The number of hydrogen-bond donors (Lipinski definition) is 1. The van der Waals surface area contributed by atoms with E-state index in [9.17, 15) is 31.1 Å². The van der Waals surface area contributed by atoms with Crippen LogP contribution in [0, 0.1) is 0 Å². The van der Waals surface area contributed by atoms with Crippen LogP contribution < -0.4 is 0 Å². The third-order valence-corrected chi connectivity index (χ3v) is 2.15. The van der Waals surface area contributed by atoms with E-state index >= 15 is 0 Å². The number of rotatable bonds is 7. The van der Waals surface area contributed by atoms with Crippen LogP contribution in [-0.2, 0) is 11.3 Å². The molecular weight excluding hydrogens is 310 g/mol. The summed E-state index contributed by atoms with van der Waals surface area (Å²) < 4.78 is 78.1. The molecule has 0 amide bonds. The van der Waals surface area contributed by atoms with Gasteiger partial charge in [-0.15, -0.1) is 0 Å². The topological polar surface area (TPSA) is 72.3 Å². The Kier molecular flexibility index (Phi) is 5.47. The molecule has 0 bridgehead atoms. The number of carboxylic acids is 1. The number of aromatic carboxylic acids is 1. The zero-order valence-corrected chi connectivity index (χ0v) is 10.1. The number of halogens is 6. The molecule has 0 saturated carbocycles. The van der Waals surface area contributed by atoms with Gasteiger partial charge in [0.1, 0.15) is 24.5 Å². The van der Waals surface area contributed by atoms with Crippen LogP contribution in [0.1, 0.15) is 28.3 Å². The van der Waals surface area contributed by atoms with Crippen LogP contribution in [0.25, 0.3) is 0 Å². The summed E-state index contributed by atoms with van der Waals surface area (Å²) in [7, 11) is 0. The minimum atomic E-state index is -4.40. The Hall–Kier alpha value is -1.91. The van der Waals surface area contributed by atoms with Gasteiger partial charge in [-0.2, -0.15) is 8.78 Å². The zero-order valence-electron chi connectivity index (χ0n) is 10.1. The normalized spacial score (nSPS) is 12.2. The second-order valence-corrected chi connectivity index (χ2v) is 3.75. The number of hydrogen-bond acceptors (Lipinski definition) is 4. The maximum atomic E-state index is 12.6. The number of alkyl halides is 6. The molecule has 0 aliphatic rings. The summed E-state index contributed by atoms with van der Waals surface area (Å²) in [6, 6.07) is 0. The maximum Gasteiger partial charge on any atom is 0.339 e. The van der Waals surface area contributed by atoms with Gasteiger partial charge in [0.05, 0.1) is 0 Å². The first-order chi connectivity index (χ1) is 9.65. The molecule has 0 aromatic carbocycles. The standard InChI is InChI=1S/C10H8F6N2O3/c11-7(12)6-4(8(19)20)1-17-5(18-6)2-21-3-10(15,16)9(13)14/h1,7,9H,2-3H2,(H,19,20). The molecule has 0 aliphatic heterocycles. The molecule has 0 unspecified atom stereocenters. The highest BCUT2D eigenvalue weighted by Gasteiger charge is 2.41. The third kappa shape index (κ3) is 4.55. The van der Waals surface area contributed by atoms with E-state index < -0.39 is 55.0 Å². The lowest BCUT2D eigenvalue weighted by Gasteiger charge is -2.15. The van der Waals surface area contributed by atoms with E-state index in [1.165, 1.54) is 0 Å². The van der Waals surface area contributed by atoms with Crippen LogP contribution in [-0.4, -0.2) is 40.0 Å². The first-order valence-corrected chi connectivity index (χ1v) is 5.26. The Morgan fingerprint density at radius 3 is 2.43 bits per heavy atom. The lowest BCUT2D eigenvalue weighted by atomic mass is 10.2. The van der Waals surface area contributed by atoms with Crippen molar-refractivity contribution in [2.24, 2.45) is 0 Å². The molecule has 1 heterocycles. The second kappa shape index (κ2) is 6.70. The Bertz CT molecular complexity index is 512. The van der Waals surface area contributed by atoms with E-state index in [0.29, 0.717) is 6.20 Å². The Morgan fingerprint density at radius 2 is 1.95 bits per heavy atom. The molecule has 118 valence electrons. The summed E-state index contributed by atoms with van der Waals surface area (Å²) in [6.07, 6.45) is -6.62. The largest absolute Gasteiger partial charge is 0.478 e. The number of carbonyl (C=O) groups is 1. The van der Waals surface area contributed by atoms with E-state index in [4.69, 9.17) is 5.11 Å². The molecule has 1 aromatic heterocycles. The summed E-state index contributed by atoms with van der Waals surface area (Å²) in [4.78, 5) is 17.1. The van der Waals surface area contributed by atoms with Gasteiger partial charge >= 0.3 is 18.3 Å². The SMILES string of the molecule is O=C(O)c1cnc(COCC(F)(F)C(F)F)nc1C(F)F. The van der Waals surface area contributed by atoms with Crippen molar-refractivity contribution in [3.05, 3.63) is 23.3 Å². The highest BCUT2D eigenvalue weighted by atomic mass is 19.3. The first-order valence-electron chi connectivity index (χ1n) is 5.26. The number of nitrogens with zero attached hydrogens (tertiary/aromatic N) is 2. The summed E-state index contributed by atoms with van der Waals surface area (Å²) in [5, 5.41) is 8.62. The summed E-state index contributed by atoms with van der Waals surface area (Å²) >= 11 is 0. The number of ether oxygens (including phenoxy) is 1. The number of aromatic nitrogens is 2.